The summed E-state index contributed by atoms with van der Waals surface area (Å²) in [6.07, 6.45) is 1.62. The molecule has 1 unspecified atom stereocenters. The Labute approximate surface area is 66.5 Å². The SMILES string of the molecule is CC(C)(C)CC1OC=NC1=O. The Bertz CT molecular complexity index is 191. The van der Waals surface area contributed by atoms with Crippen LogP contribution in [0.25, 0.3) is 0 Å². The van der Waals surface area contributed by atoms with Crippen molar-refractivity contribution in [2.24, 2.45) is 10.4 Å². The van der Waals surface area contributed by atoms with Crippen molar-refractivity contribution >= 4 is 12.3 Å². The highest BCUT2D eigenvalue weighted by atomic mass is 16.5. The smallest absolute Gasteiger partial charge is 0.289 e. The zero-order valence-electron chi connectivity index (χ0n) is 7.13. The summed E-state index contributed by atoms with van der Waals surface area (Å²) in [5.74, 6) is -0.153. The fourth-order valence-electron chi connectivity index (χ4n) is 0.989. The van der Waals surface area contributed by atoms with Crippen molar-refractivity contribution in [3.8, 4) is 0 Å². The molecule has 11 heavy (non-hydrogen) atoms. The van der Waals surface area contributed by atoms with Gasteiger partial charge in [0, 0.05) is 0 Å². The third-order valence-corrected chi connectivity index (χ3v) is 1.48. The molecule has 0 saturated heterocycles. The maximum atomic E-state index is 10.9. The molecular weight excluding hydrogens is 142 g/mol. The lowest BCUT2D eigenvalue weighted by molar-refractivity contribution is -0.123. The lowest BCUT2D eigenvalue weighted by Crippen LogP contribution is -2.23. The Morgan fingerprint density at radius 2 is 2.27 bits per heavy atom. The highest BCUT2D eigenvalue weighted by Crippen LogP contribution is 2.23. The summed E-state index contributed by atoms with van der Waals surface area (Å²) in [6.45, 7) is 6.21. The minimum atomic E-state index is -0.338. The third kappa shape index (κ3) is 2.33. The first-order chi connectivity index (χ1) is 4.99. The lowest BCUT2D eigenvalue weighted by Gasteiger charge is -2.20. The largest absolute Gasteiger partial charge is 0.470 e. The van der Waals surface area contributed by atoms with E-state index in [1.165, 1.54) is 6.40 Å². The molecule has 0 radical (unpaired) electrons. The van der Waals surface area contributed by atoms with Gasteiger partial charge in [-0.1, -0.05) is 20.8 Å². The topological polar surface area (TPSA) is 38.7 Å². The van der Waals surface area contributed by atoms with E-state index >= 15 is 0 Å². The summed E-state index contributed by atoms with van der Waals surface area (Å²) < 4.78 is 5.00. The zero-order chi connectivity index (χ0) is 8.48. The van der Waals surface area contributed by atoms with Gasteiger partial charge in [-0.15, -0.1) is 0 Å². The molecule has 0 aromatic carbocycles. The minimum Gasteiger partial charge on any atom is -0.470 e. The fraction of sp³-hybridized carbons (Fsp3) is 0.750. The predicted molar refractivity (Wildman–Crippen MR) is 42.4 cm³/mol. The van der Waals surface area contributed by atoms with E-state index in [0.29, 0.717) is 0 Å². The van der Waals surface area contributed by atoms with Crippen molar-refractivity contribution in [3.63, 3.8) is 0 Å². The standard InChI is InChI=1S/C8H13NO2/c1-8(2,3)4-6-7(10)9-5-11-6/h5-6H,4H2,1-3H3. The number of hydrogen-bond donors (Lipinski definition) is 0. The zero-order valence-corrected chi connectivity index (χ0v) is 7.13. The van der Waals surface area contributed by atoms with Crippen LogP contribution in [0, 0.1) is 5.41 Å². The summed E-state index contributed by atoms with van der Waals surface area (Å²) >= 11 is 0. The molecule has 0 bridgehead atoms. The van der Waals surface area contributed by atoms with E-state index in [1.54, 1.807) is 0 Å². The number of rotatable bonds is 1. The van der Waals surface area contributed by atoms with Gasteiger partial charge in [-0.05, 0) is 11.8 Å². The second kappa shape index (κ2) is 2.64. The Morgan fingerprint density at radius 3 is 2.64 bits per heavy atom. The monoisotopic (exact) mass is 155 g/mol. The third-order valence-electron chi connectivity index (χ3n) is 1.48. The van der Waals surface area contributed by atoms with Gasteiger partial charge >= 0.3 is 0 Å². The number of amides is 1. The van der Waals surface area contributed by atoms with Gasteiger partial charge in [0.05, 0.1) is 0 Å². The molecule has 0 aromatic heterocycles. The molecule has 1 aliphatic heterocycles. The first kappa shape index (κ1) is 8.24. The molecule has 62 valence electrons. The van der Waals surface area contributed by atoms with Crippen molar-refractivity contribution in [1.82, 2.24) is 0 Å². The first-order valence-electron chi connectivity index (χ1n) is 3.71. The van der Waals surface area contributed by atoms with Crippen LogP contribution in [0.4, 0.5) is 0 Å². The Morgan fingerprint density at radius 1 is 1.64 bits per heavy atom. The molecule has 0 aliphatic carbocycles. The van der Waals surface area contributed by atoms with E-state index in [0.717, 1.165) is 6.42 Å². The molecule has 0 saturated carbocycles. The number of carbonyl (C=O) groups excluding carboxylic acids is 1. The van der Waals surface area contributed by atoms with Crippen LogP contribution < -0.4 is 0 Å². The highest BCUT2D eigenvalue weighted by molar-refractivity contribution is 5.91. The van der Waals surface area contributed by atoms with E-state index < -0.39 is 0 Å². The summed E-state index contributed by atoms with van der Waals surface area (Å²) in [5, 5.41) is 0. The van der Waals surface area contributed by atoms with E-state index in [1.807, 2.05) is 0 Å². The van der Waals surface area contributed by atoms with E-state index in [9.17, 15) is 4.79 Å². The highest BCUT2D eigenvalue weighted by Gasteiger charge is 2.28. The molecule has 0 aromatic rings. The molecule has 0 spiro atoms. The quantitative estimate of drug-likeness (QED) is 0.573. The van der Waals surface area contributed by atoms with Gasteiger partial charge in [0.2, 0.25) is 0 Å². The van der Waals surface area contributed by atoms with Gasteiger partial charge in [-0.3, -0.25) is 4.79 Å². The summed E-state index contributed by atoms with van der Waals surface area (Å²) in [7, 11) is 0. The van der Waals surface area contributed by atoms with Gasteiger partial charge in [0.25, 0.3) is 5.91 Å². The van der Waals surface area contributed by atoms with Gasteiger partial charge < -0.3 is 4.74 Å². The summed E-state index contributed by atoms with van der Waals surface area (Å²) in [4.78, 5) is 14.4. The second-order valence-electron chi connectivity index (χ2n) is 3.96. The van der Waals surface area contributed by atoms with Crippen LogP contribution in [-0.4, -0.2) is 18.4 Å². The molecule has 0 fully saturated rings. The van der Waals surface area contributed by atoms with E-state index in [4.69, 9.17) is 4.74 Å². The number of aliphatic imine (C=N–C) groups is 1. The molecule has 1 rings (SSSR count). The van der Waals surface area contributed by atoms with Gasteiger partial charge in [0.15, 0.2) is 12.5 Å². The van der Waals surface area contributed by atoms with Crippen LogP contribution in [0.15, 0.2) is 4.99 Å². The molecular formula is C8H13NO2. The average Bonchev–Trinajstić information content (AvgIpc) is 2.12. The Kier molecular flexibility index (Phi) is 1.98. The van der Waals surface area contributed by atoms with Crippen molar-refractivity contribution in [2.75, 3.05) is 0 Å². The van der Waals surface area contributed by atoms with Gasteiger partial charge in [0.1, 0.15) is 0 Å². The van der Waals surface area contributed by atoms with E-state index in [-0.39, 0.29) is 17.4 Å². The van der Waals surface area contributed by atoms with Gasteiger partial charge in [-0.25, -0.2) is 0 Å². The minimum absolute atomic E-state index is 0.119. The molecule has 1 heterocycles. The van der Waals surface area contributed by atoms with Crippen LogP contribution in [0.5, 0.6) is 0 Å². The van der Waals surface area contributed by atoms with Crippen molar-refractivity contribution < 1.29 is 9.53 Å². The Hall–Kier alpha value is -0.860. The van der Waals surface area contributed by atoms with Crippen molar-refractivity contribution in [2.45, 2.75) is 33.3 Å². The fourth-order valence-corrected chi connectivity index (χ4v) is 0.989. The number of nitrogens with zero attached hydrogens (tertiary/aromatic N) is 1. The molecule has 1 amide bonds. The average molecular weight is 155 g/mol. The number of ether oxygens (including phenoxy) is 1. The van der Waals surface area contributed by atoms with Crippen LogP contribution in [0.1, 0.15) is 27.2 Å². The molecule has 0 N–H and O–H groups in total. The van der Waals surface area contributed by atoms with Crippen LogP contribution in [0.2, 0.25) is 0 Å². The maximum Gasteiger partial charge on any atom is 0.289 e. The number of hydrogen-bond acceptors (Lipinski definition) is 2. The predicted octanol–water partition coefficient (Wildman–Crippen LogP) is 1.38. The van der Waals surface area contributed by atoms with Crippen molar-refractivity contribution in [1.29, 1.82) is 0 Å². The number of carbonyl (C=O) groups is 1. The molecule has 1 atom stereocenters. The Balaban J connectivity index is 2.46. The van der Waals surface area contributed by atoms with Crippen LogP contribution in [0.3, 0.4) is 0 Å². The normalized spacial score (nSPS) is 23.9. The van der Waals surface area contributed by atoms with Gasteiger partial charge in [-0.2, -0.15) is 4.99 Å². The maximum absolute atomic E-state index is 10.9. The van der Waals surface area contributed by atoms with Crippen LogP contribution in [-0.2, 0) is 9.53 Å². The second-order valence-corrected chi connectivity index (χ2v) is 3.96. The molecule has 3 heteroatoms. The van der Waals surface area contributed by atoms with E-state index in [2.05, 4.69) is 25.8 Å². The first-order valence-corrected chi connectivity index (χ1v) is 3.71. The molecule has 3 nitrogen and oxygen atoms in total. The van der Waals surface area contributed by atoms with Crippen LogP contribution >= 0.6 is 0 Å². The van der Waals surface area contributed by atoms with Crippen molar-refractivity contribution in [3.05, 3.63) is 0 Å². The molecule has 1 aliphatic rings. The summed E-state index contributed by atoms with van der Waals surface area (Å²) in [6, 6.07) is 0. The lowest BCUT2D eigenvalue weighted by atomic mass is 9.89. The summed E-state index contributed by atoms with van der Waals surface area (Å²) in [5.41, 5.74) is 0.119.